The first-order valence-electron chi connectivity index (χ1n) is 15.6. The molecule has 0 radical (unpaired) electrons. The van der Waals surface area contributed by atoms with Gasteiger partial charge in [0.15, 0.2) is 5.75 Å². The molecule has 1 aliphatic rings. The van der Waals surface area contributed by atoms with Crippen molar-refractivity contribution in [3.8, 4) is 22.6 Å². The van der Waals surface area contributed by atoms with E-state index in [1.807, 2.05) is 76.6 Å². The first-order valence-corrected chi connectivity index (χ1v) is 15.6. The van der Waals surface area contributed by atoms with Crippen LogP contribution in [0.15, 0.2) is 73.1 Å². The number of carbonyl (C=O) groups is 2. The van der Waals surface area contributed by atoms with Crippen LogP contribution in [0, 0.1) is 13.8 Å². The van der Waals surface area contributed by atoms with E-state index in [4.69, 9.17) is 9.47 Å². The number of hydrogen-bond acceptors (Lipinski definition) is 5. The van der Waals surface area contributed by atoms with Gasteiger partial charge in [-0.2, -0.15) is 5.10 Å². The number of hydrogen-bond donors (Lipinski definition) is 1. The van der Waals surface area contributed by atoms with E-state index in [1.54, 1.807) is 0 Å². The molecule has 0 saturated heterocycles. The highest BCUT2D eigenvalue weighted by molar-refractivity contribution is 5.97. The van der Waals surface area contributed by atoms with Gasteiger partial charge in [-0.05, 0) is 74.1 Å². The number of nitrogens with zero attached hydrogens (tertiary/aromatic N) is 3. The van der Waals surface area contributed by atoms with Gasteiger partial charge in [0.05, 0.1) is 31.6 Å². The van der Waals surface area contributed by atoms with E-state index in [1.165, 1.54) is 5.56 Å². The molecule has 1 N–H and O–H groups in total. The number of unbranched alkanes of at least 4 members (excludes halogenated alkanes) is 1. The first-order chi connectivity index (χ1) is 21.4. The molecule has 44 heavy (non-hydrogen) atoms. The standard InChI is InChI=1S/C36H42N4O4/c1-4-5-18-37-36(42)29-13-7-12-28(22-29)24-39-25-30(23-38-39)31-14-8-15-32-35(31)44-21-10-19-40(32)34(41)17-9-20-43-33-16-6-11-26(2)27(33)3/h6-8,11-16,22-23,25H,4-5,9-10,17-21,24H2,1-3H3,(H,37,42). The summed E-state index contributed by atoms with van der Waals surface area (Å²) in [6.45, 7) is 9.06. The maximum absolute atomic E-state index is 13.4. The van der Waals surface area contributed by atoms with Gasteiger partial charge in [0.25, 0.3) is 5.91 Å². The summed E-state index contributed by atoms with van der Waals surface area (Å²) in [4.78, 5) is 27.8. The van der Waals surface area contributed by atoms with Crippen LogP contribution in [0.1, 0.15) is 66.1 Å². The van der Waals surface area contributed by atoms with Crippen LogP contribution in [-0.4, -0.2) is 47.9 Å². The summed E-state index contributed by atoms with van der Waals surface area (Å²) in [7, 11) is 0. The number of rotatable bonds is 12. The summed E-state index contributed by atoms with van der Waals surface area (Å²) < 4.78 is 14.1. The molecule has 2 heterocycles. The zero-order valence-electron chi connectivity index (χ0n) is 26.0. The van der Waals surface area contributed by atoms with Crippen molar-refractivity contribution >= 4 is 17.5 Å². The first kappa shape index (κ1) is 30.9. The topological polar surface area (TPSA) is 85.7 Å². The minimum Gasteiger partial charge on any atom is -0.493 e. The second-order valence-corrected chi connectivity index (χ2v) is 11.3. The van der Waals surface area contributed by atoms with Crippen molar-refractivity contribution in [2.24, 2.45) is 0 Å². The van der Waals surface area contributed by atoms with Crippen molar-refractivity contribution in [2.45, 2.75) is 59.4 Å². The van der Waals surface area contributed by atoms with Gasteiger partial charge < -0.3 is 19.7 Å². The molecule has 0 aliphatic carbocycles. The predicted molar refractivity (Wildman–Crippen MR) is 174 cm³/mol. The summed E-state index contributed by atoms with van der Waals surface area (Å²) in [6, 6.07) is 19.6. The molecule has 0 bridgehead atoms. The van der Waals surface area contributed by atoms with E-state index in [2.05, 4.69) is 37.3 Å². The molecule has 0 atom stereocenters. The SMILES string of the molecule is CCCCNC(=O)c1cccc(Cn2cc(-c3cccc4c3OCCCN4C(=O)CCCOc3cccc(C)c3C)cn2)c1. The third kappa shape index (κ3) is 7.48. The Morgan fingerprint density at radius 3 is 2.75 bits per heavy atom. The van der Waals surface area contributed by atoms with Gasteiger partial charge in [-0.15, -0.1) is 0 Å². The molecule has 3 aromatic carbocycles. The third-order valence-electron chi connectivity index (χ3n) is 8.00. The lowest BCUT2D eigenvalue weighted by Gasteiger charge is -2.23. The maximum Gasteiger partial charge on any atom is 0.251 e. The van der Waals surface area contributed by atoms with Crippen LogP contribution in [0.25, 0.3) is 11.1 Å². The largest absolute Gasteiger partial charge is 0.493 e. The van der Waals surface area contributed by atoms with Crippen molar-refractivity contribution in [1.82, 2.24) is 15.1 Å². The van der Waals surface area contributed by atoms with Gasteiger partial charge >= 0.3 is 0 Å². The van der Waals surface area contributed by atoms with Crippen LogP contribution in [0.5, 0.6) is 11.5 Å². The maximum atomic E-state index is 13.4. The number of amides is 2. The molecule has 8 heteroatoms. The van der Waals surface area contributed by atoms with Gasteiger partial charge in [0.2, 0.25) is 5.91 Å². The number of anilines is 1. The van der Waals surface area contributed by atoms with Gasteiger partial charge in [-0.25, -0.2) is 0 Å². The molecule has 2 amide bonds. The molecule has 0 saturated carbocycles. The summed E-state index contributed by atoms with van der Waals surface area (Å²) in [5, 5.41) is 7.58. The van der Waals surface area contributed by atoms with E-state index >= 15 is 0 Å². The molecular formula is C36H42N4O4. The van der Waals surface area contributed by atoms with Gasteiger partial charge in [0, 0.05) is 42.4 Å². The number of benzene rings is 3. The van der Waals surface area contributed by atoms with Gasteiger partial charge in [-0.3, -0.25) is 14.3 Å². The van der Waals surface area contributed by atoms with E-state index in [9.17, 15) is 9.59 Å². The van der Waals surface area contributed by atoms with Crippen LogP contribution in [0.2, 0.25) is 0 Å². The number of ether oxygens (including phenoxy) is 2. The Morgan fingerprint density at radius 2 is 1.89 bits per heavy atom. The summed E-state index contributed by atoms with van der Waals surface area (Å²) in [6.07, 6.45) is 7.58. The number of para-hydroxylation sites is 1. The zero-order valence-corrected chi connectivity index (χ0v) is 26.0. The van der Waals surface area contributed by atoms with Crippen LogP contribution in [-0.2, 0) is 11.3 Å². The highest BCUT2D eigenvalue weighted by atomic mass is 16.5. The molecule has 5 rings (SSSR count). The third-order valence-corrected chi connectivity index (χ3v) is 8.00. The van der Waals surface area contributed by atoms with Gasteiger partial charge in [0.1, 0.15) is 5.75 Å². The van der Waals surface area contributed by atoms with E-state index < -0.39 is 0 Å². The normalized spacial score (nSPS) is 12.7. The molecule has 230 valence electrons. The molecule has 0 unspecified atom stereocenters. The molecule has 4 aromatic rings. The Kier molecular flexibility index (Phi) is 10.3. The van der Waals surface area contributed by atoms with Crippen LogP contribution >= 0.6 is 0 Å². The fourth-order valence-electron chi connectivity index (χ4n) is 5.38. The minimum atomic E-state index is -0.0569. The molecular weight excluding hydrogens is 552 g/mol. The van der Waals surface area contributed by atoms with Crippen molar-refractivity contribution in [3.63, 3.8) is 0 Å². The minimum absolute atomic E-state index is 0.0569. The quantitative estimate of drug-likeness (QED) is 0.184. The zero-order chi connectivity index (χ0) is 30.9. The lowest BCUT2D eigenvalue weighted by molar-refractivity contribution is -0.118. The Labute approximate surface area is 260 Å². The monoisotopic (exact) mass is 594 g/mol. The van der Waals surface area contributed by atoms with Crippen molar-refractivity contribution < 1.29 is 19.1 Å². The van der Waals surface area contributed by atoms with E-state index in [0.717, 1.165) is 53.0 Å². The highest BCUT2D eigenvalue weighted by Crippen LogP contribution is 2.40. The summed E-state index contributed by atoms with van der Waals surface area (Å²) >= 11 is 0. The summed E-state index contributed by atoms with van der Waals surface area (Å²) in [5.41, 5.74) is 6.56. The predicted octanol–water partition coefficient (Wildman–Crippen LogP) is 6.72. The highest BCUT2D eigenvalue weighted by Gasteiger charge is 2.25. The van der Waals surface area contributed by atoms with Crippen LogP contribution in [0.4, 0.5) is 5.69 Å². The molecule has 1 aliphatic heterocycles. The van der Waals surface area contributed by atoms with Crippen LogP contribution < -0.4 is 19.7 Å². The number of nitrogens with one attached hydrogen (secondary N) is 1. The number of fused-ring (bicyclic) bond motifs is 1. The fourth-order valence-corrected chi connectivity index (χ4v) is 5.38. The lowest BCUT2D eigenvalue weighted by Crippen LogP contribution is -2.31. The van der Waals surface area contributed by atoms with Crippen molar-refractivity contribution in [3.05, 3.63) is 95.3 Å². The fraction of sp³-hybridized carbons (Fsp3) is 0.361. The van der Waals surface area contributed by atoms with E-state index in [-0.39, 0.29) is 11.8 Å². The summed E-state index contributed by atoms with van der Waals surface area (Å²) in [5.74, 6) is 1.58. The average Bonchev–Trinajstić information content (AvgIpc) is 3.38. The second-order valence-electron chi connectivity index (χ2n) is 11.3. The second kappa shape index (κ2) is 14.7. The average molecular weight is 595 g/mol. The van der Waals surface area contributed by atoms with Crippen molar-refractivity contribution in [2.75, 3.05) is 31.2 Å². The number of aryl methyl sites for hydroxylation is 1. The molecule has 0 fully saturated rings. The molecule has 0 spiro atoms. The Morgan fingerprint density at radius 1 is 1.05 bits per heavy atom. The number of carbonyl (C=O) groups excluding carboxylic acids is 2. The van der Waals surface area contributed by atoms with Crippen molar-refractivity contribution in [1.29, 1.82) is 0 Å². The molecule has 8 nitrogen and oxygen atoms in total. The van der Waals surface area contributed by atoms with E-state index in [0.29, 0.717) is 57.0 Å². The molecule has 1 aromatic heterocycles. The smallest absolute Gasteiger partial charge is 0.251 e. The lowest BCUT2D eigenvalue weighted by atomic mass is 10.1. The van der Waals surface area contributed by atoms with Crippen LogP contribution in [0.3, 0.4) is 0 Å². The Hall–Kier alpha value is -4.59. The number of aromatic nitrogens is 2. The Balaban J connectivity index is 1.25. The van der Waals surface area contributed by atoms with Gasteiger partial charge in [-0.1, -0.05) is 49.7 Å². The Bertz CT molecular complexity index is 1590.